The van der Waals surface area contributed by atoms with Crippen molar-refractivity contribution in [2.24, 2.45) is 0 Å². The van der Waals surface area contributed by atoms with Gasteiger partial charge in [0.2, 0.25) is 5.91 Å². The number of hydrogen-bond acceptors (Lipinski definition) is 1. The van der Waals surface area contributed by atoms with Gasteiger partial charge in [-0.2, -0.15) is 0 Å². The van der Waals surface area contributed by atoms with Crippen molar-refractivity contribution in [3.05, 3.63) is 76.3 Å². The molecule has 0 aliphatic heterocycles. The number of rotatable bonds is 3. The van der Waals surface area contributed by atoms with Crippen molar-refractivity contribution in [1.29, 1.82) is 0 Å². The van der Waals surface area contributed by atoms with Crippen LogP contribution >= 0.6 is 11.6 Å². The smallest absolute Gasteiger partial charge is 0.228 e. The Bertz CT molecular complexity index is 857. The molecule has 0 fully saturated rings. The van der Waals surface area contributed by atoms with Crippen molar-refractivity contribution in [3.8, 4) is 0 Å². The normalized spacial score (nSPS) is 10.7. The summed E-state index contributed by atoms with van der Waals surface area (Å²) in [6.07, 6.45) is 0.324. The van der Waals surface area contributed by atoms with Crippen LogP contribution in [-0.2, 0) is 11.2 Å². The van der Waals surface area contributed by atoms with Crippen LogP contribution < -0.4 is 5.32 Å². The second-order valence-electron chi connectivity index (χ2n) is 5.80. The molecule has 0 bridgehead atoms. The fraction of sp³-hybridized carbons (Fsp3) is 0.150. The number of carbonyl (C=O) groups excluding carboxylic acids is 1. The molecule has 0 aliphatic carbocycles. The zero-order valence-electron chi connectivity index (χ0n) is 13.2. The average Bonchev–Trinajstić information content (AvgIpc) is 2.51. The Hall–Kier alpha value is -2.32. The van der Waals surface area contributed by atoms with Gasteiger partial charge in [0.15, 0.2) is 0 Å². The van der Waals surface area contributed by atoms with Crippen LogP contribution in [0.4, 0.5) is 5.69 Å². The largest absolute Gasteiger partial charge is 0.324 e. The summed E-state index contributed by atoms with van der Waals surface area (Å²) < 4.78 is 0. The van der Waals surface area contributed by atoms with Crippen molar-refractivity contribution in [2.45, 2.75) is 20.3 Å². The van der Waals surface area contributed by atoms with E-state index in [2.05, 4.69) is 17.4 Å². The standard InChI is InChI=1S/C20H18ClNO/c1-13-10-14(2)20(18(21)11-13)22-19(23)12-16-8-5-7-15-6-3-4-9-17(15)16/h3-11H,12H2,1-2H3,(H,22,23). The summed E-state index contributed by atoms with van der Waals surface area (Å²) in [7, 11) is 0. The number of fused-ring (bicyclic) bond motifs is 1. The highest BCUT2D eigenvalue weighted by Crippen LogP contribution is 2.27. The number of amides is 1. The molecule has 3 aromatic rings. The molecule has 1 N–H and O–H groups in total. The molecule has 0 radical (unpaired) electrons. The van der Waals surface area contributed by atoms with Crippen molar-refractivity contribution in [3.63, 3.8) is 0 Å². The second kappa shape index (κ2) is 6.43. The van der Waals surface area contributed by atoms with E-state index in [9.17, 15) is 4.79 Å². The minimum Gasteiger partial charge on any atom is -0.324 e. The fourth-order valence-electron chi connectivity index (χ4n) is 2.88. The maximum Gasteiger partial charge on any atom is 0.228 e. The van der Waals surface area contributed by atoms with E-state index in [0.29, 0.717) is 17.1 Å². The Morgan fingerprint density at radius 3 is 2.57 bits per heavy atom. The predicted molar refractivity (Wildman–Crippen MR) is 97.2 cm³/mol. The van der Waals surface area contributed by atoms with Crippen LogP contribution in [0, 0.1) is 13.8 Å². The first kappa shape index (κ1) is 15.6. The lowest BCUT2D eigenvalue weighted by Crippen LogP contribution is -2.15. The van der Waals surface area contributed by atoms with E-state index in [4.69, 9.17) is 11.6 Å². The van der Waals surface area contributed by atoms with E-state index in [1.165, 1.54) is 0 Å². The highest BCUT2D eigenvalue weighted by molar-refractivity contribution is 6.34. The van der Waals surface area contributed by atoms with Crippen molar-refractivity contribution < 1.29 is 4.79 Å². The van der Waals surface area contributed by atoms with Gasteiger partial charge in [-0.15, -0.1) is 0 Å². The van der Waals surface area contributed by atoms with Crippen LogP contribution in [0.3, 0.4) is 0 Å². The van der Waals surface area contributed by atoms with E-state index in [-0.39, 0.29) is 5.91 Å². The zero-order chi connectivity index (χ0) is 16.4. The number of anilines is 1. The molecule has 0 unspecified atom stereocenters. The SMILES string of the molecule is Cc1cc(C)c(NC(=O)Cc2cccc3ccccc23)c(Cl)c1. The summed E-state index contributed by atoms with van der Waals surface area (Å²) in [6, 6.07) is 18.0. The fourth-order valence-corrected chi connectivity index (χ4v) is 3.25. The van der Waals surface area contributed by atoms with Gasteiger partial charge < -0.3 is 5.32 Å². The summed E-state index contributed by atoms with van der Waals surface area (Å²) in [5.74, 6) is -0.0600. The van der Waals surface area contributed by atoms with Gasteiger partial charge in [-0.1, -0.05) is 60.1 Å². The Balaban J connectivity index is 1.85. The molecule has 116 valence electrons. The number of carbonyl (C=O) groups is 1. The Morgan fingerprint density at radius 2 is 1.78 bits per heavy atom. The summed E-state index contributed by atoms with van der Waals surface area (Å²) in [6.45, 7) is 3.94. The molecule has 0 saturated heterocycles. The van der Waals surface area contributed by atoms with E-state index >= 15 is 0 Å². The first-order chi connectivity index (χ1) is 11.0. The lowest BCUT2D eigenvalue weighted by Gasteiger charge is -2.12. The van der Waals surface area contributed by atoms with Crippen molar-refractivity contribution in [2.75, 3.05) is 5.32 Å². The van der Waals surface area contributed by atoms with Crippen molar-refractivity contribution in [1.82, 2.24) is 0 Å². The first-order valence-electron chi connectivity index (χ1n) is 7.58. The van der Waals surface area contributed by atoms with E-state index in [0.717, 1.165) is 27.5 Å². The number of hydrogen-bond donors (Lipinski definition) is 1. The highest BCUT2D eigenvalue weighted by atomic mass is 35.5. The molecule has 2 nitrogen and oxygen atoms in total. The molecule has 3 rings (SSSR count). The Labute approximate surface area is 141 Å². The molecule has 0 atom stereocenters. The summed E-state index contributed by atoms with van der Waals surface area (Å²) >= 11 is 6.26. The third kappa shape index (κ3) is 3.38. The van der Waals surface area contributed by atoms with Gasteiger partial charge in [-0.05, 0) is 47.4 Å². The number of aryl methyl sites for hydroxylation is 2. The number of nitrogens with one attached hydrogen (secondary N) is 1. The molecule has 0 spiro atoms. The second-order valence-corrected chi connectivity index (χ2v) is 6.21. The van der Waals surface area contributed by atoms with Crippen molar-refractivity contribution >= 4 is 34.0 Å². The lowest BCUT2D eigenvalue weighted by molar-refractivity contribution is -0.115. The number of benzene rings is 3. The monoisotopic (exact) mass is 323 g/mol. The van der Waals surface area contributed by atoms with Crippen LogP contribution in [0.2, 0.25) is 5.02 Å². The van der Waals surface area contributed by atoms with E-state index < -0.39 is 0 Å². The summed E-state index contributed by atoms with van der Waals surface area (Å²) in [4.78, 5) is 12.4. The van der Waals surface area contributed by atoms with Crippen LogP contribution in [0.15, 0.2) is 54.6 Å². The lowest BCUT2D eigenvalue weighted by atomic mass is 10.0. The molecule has 0 aromatic heterocycles. The van der Waals surface area contributed by atoms with Crippen LogP contribution in [0.25, 0.3) is 10.8 Å². The zero-order valence-corrected chi connectivity index (χ0v) is 13.9. The average molecular weight is 324 g/mol. The van der Waals surface area contributed by atoms with Gasteiger partial charge in [0.1, 0.15) is 0 Å². The molecule has 3 aromatic carbocycles. The van der Waals surface area contributed by atoms with Gasteiger partial charge in [0.05, 0.1) is 17.1 Å². The molecule has 23 heavy (non-hydrogen) atoms. The van der Waals surface area contributed by atoms with E-state index in [1.54, 1.807) is 0 Å². The third-order valence-corrected chi connectivity index (χ3v) is 4.23. The van der Waals surface area contributed by atoms with Crippen LogP contribution in [-0.4, -0.2) is 5.91 Å². The third-order valence-electron chi connectivity index (χ3n) is 3.93. The van der Waals surface area contributed by atoms with Gasteiger partial charge in [0, 0.05) is 0 Å². The molecular weight excluding hydrogens is 306 g/mol. The predicted octanol–water partition coefficient (Wildman–Crippen LogP) is 5.29. The van der Waals surface area contributed by atoms with Gasteiger partial charge in [-0.25, -0.2) is 0 Å². The quantitative estimate of drug-likeness (QED) is 0.697. The molecule has 0 aliphatic rings. The Morgan fingerprint density at radius 1 is 1.04 bits per heavy atom. The van der Waals surface area contributed by atoms with Gasteiger partial charge in [-0.3, -0.25) is 4.79 Å². The molecular formula is C20H18ClNO. The molecule has 0 saturated carbocycles. The van der Waals surface area contributed by atoms with E-state index in [1.807, 2.05) is 56.3 Å². The molecule has 0 heterocycles. The molecule has 3 heteroatoms. The van der Waals surface area contributed by atoms with Crippen LogP contribution in [0.1, 0.15) is 16.7 Å². The summed E-state index contributed by atoms with van der Waals surface area (Å²) in [5, 5.41) is 5.77. The minimum atomic E-state index is -0.0600. The first-order valence-corrected chi connectivity index (χ1v) is 7.95. The highest BCUT2D eigenvalue weighted by Gasteiger charge is 2.11. The number of halogens is 1. The van der Waals surface area contributed by atoms with Crippen LogP contribution in [0.5, 0.6) is 0 Å². The Kier molecular flexibility index (Phi) is 4.35. The summed E-state index contributed by atoms with van der Waals surface area (Å²) in [5.41, 5.74) is 3.77. The van der Waals surface area contributed by atoms with Gasteiger partial charge >= 0.3 is 0 Å². The van der Waals surface area contributed by atoms with Gasteiger partial charge in [0.25, 0.3) is 0 Å². The minimum absolute atomic E-state index is 0.0600. The maximum absolute atomic E-state index is 12.4. The topological polar surface area (TPSA) is 29.1 Å². The molecule has 1 amide bonds. The maximum atomic E-state index is 12.4.